The molecule has 0 bridgehead atoms. The first-order valence-electron chi connectivity index (χ1n) is 8.52. The molecule has 1 amide bonds. The molecule has 6 heteroatoms. The Morgan fingerprint density at radius 3 is 2.42 bits per heavy atom. The summed E-state index contributed by atoms with van der Waals surface area (Å²) < 4.78 is 0. The molecular formula is C20H22N4O2. The Hall–Kier alpha value is -2.99. The van der Waals surface area contributed by atoms with Crippen molar-refractivity contribution in [3.05, 3.63) is 76.2 Å². The number of H-pyrrole nitrogens is 1. The van der Waals surface area contributed by atoms with Crippen LogP contribution in [-0.2, 0) is 6.42 Å². The number of benzene rings is 2. The van der Waals surface area contributed by atoms with Gasteiger partial charge in [0.2, 0.25) is 0 Å². The van der Waals surface area contributed by atoms with E-state index in [1.807, 2.05) is 32.3 Å². The van der Waals surface area contributed by atoms with E-state index in [0.717, 1.165) is 6.42 Å². The van der Waals surface area contributed by atoms with Crippen LogP contribution in [0.1, 0.15) is 16.1 Å². The number of rotatable bonds is 6. The van der Waals surface area contributed by atoms with Gasteiger partial charge in [0.25, 0.3) is 11.5 Å². The Morgan fingerprint density at radius 2 is 1.73 bits per heavy atom. The van der Waals surface area contributed by atoms with Crippen LogP contribution >= 0.6 is 0 Å². The molecule has 1 atom stereocenters. The van der Waals surface area contributed by atoms with Crippen molar-refractivity contribution in [2.45, 2.75) is 12.5 Å². The van der Waals surface area contributed by atoms with Crippen molar-refractivity contribution in [2.24, 2.45) is 0 Å². The van der Waals surface area contributed by atoms with Gasteiger partial charge in [0, 0.05) is 18.0 Å². The predicted molar refractivity (Wildman–Crippen MR) is 102 cm³/mol. The number of carbonyl (C=O) groups excluding carboxylic acids is 1. The summed E-state index contributed by atoms with van der Waals surface area (Å²) in [5.41, 5.74) is 1.15. The van der Waals surface area contributed by atoms with Crippen LogP contribution < -0.4 is 10.9 Å². The molecule has 2 N–H and O–H groups in total. The summed E-state index contributed by atoms with van der Waals surface area (Å²) in [6, 6.07) is 17.3. The third-order valence-electron chi connectivity index (χ3n) is 4.45. The minimum Gasteiger partial charge on any atom is -0.349 e. The molecule has 0 aliphatic heterocycles. The smallest absolute Gasteiger partial charge is 0.272 e. The summed E-state index contributed by atoms with van der Waals surface area (Å²) in [6.45, 7) is 0.482. The number of nitrogens with one attached hydrogen (secondary N) is 2. The molecule has 134 valence electrons. The van der Waals surface area contributed by atoms with Gasteiger partial charge in [-0.2, -0.15) is 5.10 Å². The van der Waals surface area contributed by atoms with E-state index in [9.17, 15) is 9.59 Å². The van der Waals surface area contributed by atoms with Crippen LogP contribution in [0.4, 0.5) is 0 Å². The van der Waals surface area contributed by atoms with Gasteiger partial charge in [-0.3, -0.25) is 9.59 Å². The minimum atomic E-state index is -0.299. The minimum absolute atomic E-state index is 0.148. The van der Waals surface area contributed by atoms with Crippen LogP contribution in [0.3, 0.4) is 0 Å². The lowest BCUT2D eigenvalue weighted by Gasteiger charge is -2.24. The molecule has 0 aliphatic carbocycles. The second kappa shape index (κ2) is 7.93. The van der Waals surface area contributed by atoms with Gasteiger partial charge in [-0.15, -0.1) is 0 Å². The molecule has 6 nitrogen and oxygen atoms in total. The number of hydrogen-bond donors (Lipinski definition) is 2. The van der Waals surface area contributed by atoms with Gasteiger partial charge in [-0.1, -0.05) is 48.5 Å². The number of hydrogen-bond acceptors (Lipinski definition) is 4. The zero-order valence-electron chi connectivity index (χ0n) is 14.9. The summed E-state index contributed by atoms with van der Waals surface area (Å²) in [5.74, 6) is -0.294. The zero-order chi connectivity index (χ0) is 18.5. The number of likely N-dealkylation sites (N-methyl/N-ethyl adjacent to an activating group) is 1. The Bertz CT molecular complexity index is 951. The van der Waals surface area contributed by atoms with Gasteiger partial charge in [-0.25, -0.2) is 5.10 Å². The number of nitrogens with zero attached hydrogens (tertiary/aromatic N) is 2. The fourth-order valence-electron chi connectivity index (χ4n) is 2.91. The maximum absolute atomic E-state index is 12.6. The van der Waals surface area contributed by atoms with E-state index in [0.29, 0.717) is 17.3 Å². The van der Waals surface area contributed by atoms with Crippen molar-refractivity contribution >= 4 is 16.7 Å². The van der Waals surface area contributed by atoms with Crippen LogP contribution in [0.5, 0.6) is 0 Å². The van der Waals surface area contributed by atoms with Crippen LogP contribution in [0.25, 0.3) is 10.8 Å². The Balaban J connectivity index is 1.75. The van der Waals surface area contributed by atoms with E-state index in [-0.39, 0.29) is 23.2 Å². The maximum Gasteiger partial charge on any atom is 0.272 e. The highest BCUT2D eigenvalue weighted by molar-refractivity contribution is 6.04. The summed E-state index contributed by atoms with van der Waals surface area (Å²) >= 11 is 0. The number of fused-ring (bicyclic) bond motifs is 1. The number of aromatic amines is 1. The van der Waals surface area contributed by atoms with Crippen LogP contribution in [-0.4, -0.2) is 47.7 Å². The fraction of sp³-hybridized carbons (Fsp3) is 0.250. The van der Waals surface area contributed by atoms with E-state index in [2.05, 4.69) is 32.5 Å². The van der Waals surface area contributed by atoms with Crippen LogP contribution in [0.15, 0.2) is 59.4 Å². The third-order valence-corrected chi connectivity index (χ3v) is 4.45. The van der Waals surface area contributed by atoms with Crippen molar-refractivity contribution < 1.29 is 4.79 Å². The first kappa shape index (κ1) is 17.8. The summed E-state index contributed by atoms with van der Waals surface area (Å²) in [4.78, 5) is 26.6. The topological polar surface area (TPSA) is 78.1 Å². The summed E-state index contributed by atoms with van der Waals surface area (Å²) in [7, 11) is 3.99. The molecule has 2 aromatic carbocycles. The molecule has 0 saturated heterocycles. The molecule has 0 saturated carbocycles. The van der Waals surface area contributed by atoms with E-state index < -0.39 is 0 Å². The van der Waals surface area contributed by atoms with E-state index in [1.54, 1.807) is 24.3 Å². The molecule has 3 aromatic rings. The van der Waals surface area contributed by atoms with Gasteiger partial charge in [0.05, 0.1) is 5.39 Å². The van der Waals surface area contributed by atoms with Gasteiger partial charge in [0.1, 0.15) is 0 Å². The molecule has 1 aromatic heterocycles. The average molecular weight is 350 g/mol. The second-order valence-electron chi connectivity index (χ2n) is 6.46. The highest BCUT2D eigenvalue weighted by Gasteiger charge is 2.17. The monoisotopic (exact) mass is 350 g/mol. The number of aromatic nitrogens is 2. The molecular weight excluding hydrogens is 328 g/mol. The lowest BCUT2D eigenvalue weighted by Crippen LogP contribution is -2.42. The van der Waals surface area contributed by atoms with Crippen molar-refractivity contribution in [2.75, 3.05) is 20.6 Å². The second-order valence-corrected chi connectivity index (χ2v) is 6.46. The van der Waals surface area contributed by atoms with Crippen molar-refractivity contribution in [1.82, 2.24) is 20.4 Å². The Kier molecular flexibility index (Phi) is 5.43. The van der Waals surface area contributed by atoms with Gasteiger partial charge in [-0.05, 0) is 32.1 Å². The highest BCUT2D eigenvalue weighted by atomic mass is 16.2. The molecule has 26 heavy (non-hydrogen) atoms. The normalized spacial score (nSPS) is 12.3. The first-order chi connectivity index (χ1) is 12.6. The standard InChI is InChI=1S/C20H22N4O2/c1-24(2)15(12-14-8-4-3-5-9-14)13-21-20(26)18-16-10-6-7-11-17(16)19(25)23-22-18/h3-11,15H,12-13H2,1-2H3,(H,21,26)(H,23,25)/t15-/m0/s1. The summed E-state index contributed by atoms with van der Waals surface area (Å²) in [6.07, 6.45) is 0.827. The molecule has 0 unspecified atom stereocenters. The van der Waals surface area contributed by atoms with Crippen molar-refractivity contribution in [1.29, 1.82) is 0 Å². The van der Waals surface area contributed by atoms with Gasteiger partial charge < -0.3 is 10.2 Å². The zero-order valence-corrected chi connectivity index (χ0v) is 14.9. The SMILES string of the molecule is CN(C)[C@H](CNC(=O)c1n[nH]c(=O)c2ccccc12)Cc1ccccc1. The quantitative estimate of drug-likeness (QED) is 0.711. The van der Waals surface area contributed by atoms with Gasteiger partial charge in [0.15, 0.2) is 5.69 Å². The fourth-order valence-corrected chi connectivity index (χ4v) is 2.91. The van der Waals surface area contributed by atoms with Crippen molar-refractivity contribution in [3.8, 4) is 0 Å². The van der Waals surface area contributed by atoms with Gasteiger partial charge >= 0.3 is 0 Å². The summed E-state index contributed by atoms with van der Waals surface area (Å²) in [5, 5.41) is 10.3. The molecule has 0 fully saturated rings. The molecule has 1 heterocycles. The average Bonchev–Trinajstić information content (AvgIpc) is 2.66. The first-order valence-corrected chi connectivity index (χ1v) is 8.52. The molecule has 0 radical (unpaired) electrons. The highest BCUT2D eigenvalue weighted by Crippen LogP contribution is 2.12. The maximum atomic E-state index is 12.6. The molecule has 0 spiro atoms. The van der Waals surface area contributed by atoms with E-state index in [1.165, 1.54) is 5.56 Å². The van der Waals surface area contributed by atoms with Crippen LogP contribution in [0, 0.1) is 0 Å². The van der Waals surface area contributed by atoms with E-state index in [4.69, 9.17) is 0 Å². The largest absolute Gasteiger partial charge is 0.349 e. The van der Waals surface area contributed by atoms with Crippen LogP contribution in [0.2, 0.25) is 0 Å². The lowest BCUT2D eigenvalue weighted by molar-refractivity contribution is 0.0937. The third kappa shape index (κ3) is 3.97. The van der Waals surface area contributed by atoms with Crippen molar-refractivity contribution in [3.63, 3.8) is 0 Å². The Labute approximate surface area is 151 Å². The number of carbonyl (C=O) groups is 1. The molecule has 0 aliphatic rings. The predicted octanol–water partition coefficient (Wildman–Crippen LogP) is 1.83. The molecule has 3 rings (SSSR count). The van der Waals surface area contributed by atoms with E-state index >= 15 is 0 Å². The lowest BCUT2D eigenvalue weighted by atomic mass is 10.0. The number of amides is 1. The Morgan fingerprint density at radius 1 is 1.08 bits per heavy atom.